The number of nitrogens with one attached hydrogen (secondary N) is 1. The Balaban J connectivity index is 1.74. The number of morpholine rings is 1. The highest BCUT2D eigenvalue weighted by molar-refractivity contribution is 5.30. The van der Waals surface area contributed by atoms with Crippen LogP contribution in [0.2, 0.25) is 0 Å². The topological polar surface area (TPSA) is 33.7 Å². The largest absolute Gasteiger partial charge is 0.491 e. The van der Waals surface area contributed by atoms with Crippen LogP contribution in [-0.2, 0) is 4.74 Å². The summed E-state index contributed by atoms with van der Waals surface area (Å²) in [6, 6.07) is 8.68. The van der Waals surface area contributed by atoms with Gasteiger partial charge in [0.15, 0.2) is 0 Å². The molecule has 0 bridgehead atoms. The van der Waals surface area contributed by atoms with Gasteiger partial charge in [0.25, 0.3) is 0 Å². The van der Waals surface area contributed by atoms with E-state index in [-0.39, 0.29) is 6.10 Å². The van der Waals surface area contributed by atoms with Crippen LogP contribution in [0.15, 0.2) is 24.3 Å². The minimum atomic E-state index is 0.224. The maximum Gasteiger partial charge on any atom is 0.119 e. The first kappa shape index (κ1) is 20.2. The molecule has 4 heteroatoms. The molecular weight excluding hydrogens is 312 g/mol. The first-order valence-electron chi connectivity index (χ1n) is 9.83. The Morgan fingerprint density at radius 1 is 1.04 bits per heavy atom. The van der Waals surface area contributed by atoms with Gasteiger partial charge in [0.05, 0.1) is 19.3 Å². The Hall–Kier alpha value is -1.10. The fourth-order valence-electron chi connectivity index (χ4n) is 3.40. The van der Waals surface area contributed by atoms with Gasteiger partial charge in [0.1, 0.15) is 5.75 Å². The molecule has 0 spiro atoms. The fraction of sp³-hybridized carbons (Fsp3) is 0.714. The van der Waals surface area contributed by atoms with Gasteiger partial charge < -0.3 is 14.8 Å². The van der Waals surface area contributed by atoms with E-state index in [1.165, 1.54) is 12.0 Å². The van der Waals surface area contributed by atoms with Gasteiger partial charge in [-0.2, -0.15) is 0 Å². The highest BCUT2D eigenvalue weighted by atomic mass is 16.5. The highest BCUT2D eigenvalue weighted by Gasteiger charge is 2.16. The molecule has 25 heavy (non-hydrogen) atoms. The minimum Gasteiger partial charge on any atom is -0.491 e. The molecule has 1 aromatic carbocycles. The summed E-state index contributed by atoms with van der Waals surface area (Å²) in [7, 11) is 0. The number of nitrogens with zero attached hydrogens (tertiary/aromatic N) is 1. The molecule has 0 unspecified atom stereocenters. The maximum absolute atomic E-state index is 5.75. The quantitative estimate of drug-likeness (QED) is 0.656. The molecule has 1 saturated heterocycles. The average molecular weight is 349 g/mol. The summed E-state index contributed by atoms with van der Waals surface area (Å²) >= 11 is 0. The van der Waals surface area contributed by atoms with E-state index in [4.69, 9.17) is 9.47 Å². The molecule has 4 nitrogen and oxygen atoms in total. The van der Waals surface area contributed by atoms with Gasteiger partial charge in [-0.3, -0.25) is 4.90 Å². The van der Waals surface area contributed by atoms with Gasteiger partial charge in [-0.15, -0.1) is 0 Å². The molecule has 1 atom stereocenters. The molecule has 1 heterocycles. The van der Waals surface area contributed by atoms with Crippen molar-refractivity contribution >= 4 is 0 Å². The van der Waals surface area contributed by atoms with E-state index in [9.17, 15) is 0 Å². The molecule has 0 saturated carbocycles. The summed E-state index contributed by atoms with van der Waals surface area (Å²) in [5.41, 5.74) is 1.42. The van der Waals surface area contributed by atoms with Gasteiger partial charge in [0, 0.05) is 26.2 Å². The Morgan fingerprint density at radius 3 is 2.32 bits per heavy atom. The van der Waals surface area contributed by atoms with Crippen molar-refractivity contribution in [2.24, 2.45) is 5.92 Å². The number of ether oxygens (including phenoxy) is 2. The van der Waals surface area contributed by atoms with Crippen LogP contribution in [0.3, 0.4) is 0 Å². The molecule has 0 aromatic heterocycles. The third-order valence-electron chi connectivity index (χ3n) is 4.83. The van der Waals surface area contributed by atoms with Gasteiger partial charge >= 0.3 is 0 Å². The summed E-state index contributed by atoms with van der Waals surface area (Å²) in [5, 5.41) is 3.62. The third-order valence-corrected chi connectivity index (χ3v) is 4.83. The smallest absolute Gasteiger partial charge is 0.119 e. The van der Waals surface area contributed by atoms with Gasteiger partial charge in [-0.25, -0.2) is 0 Å². The second kappa shape index (κ2) is 10.8. The van der Waals surface area contributed by atoms with Crippen molar-refractivity contribution in [1.82, 2.24) is 10.2 Å². The molecule has 142 valence electrons. The highest BCUT2D eigenvalue weighted by Crippen LogP contribution is 2.29. The van der Waals surface area contributed by atoms with Crippen LogP contribution in [0.25, 0.3) is 0 Å². The lowest BCUT2D eigenvalue weighted by Gasteiger charge is -2.27. The zero-order chi connectivity index (χ0) is 18.1. The number of hydrogen-bond acceptors (Lipinski definition) is 4. The van der Waals surface area contributed by atoms with E-state index in [1.807, 2.05) is 0 Å². The number of hydrogen-bond donors (Lipinski definition) is 1. The molecule has 1 aliphatic heterocycles. The lowest BCUT2D eigenvalue weighted by atomic mass is 9.86. The van der Waals surface area contributed by atoms with Crippen LogP contribution in [0.5, 0.6) is 5.75 Å². The zero-order valence-electron chi connectivity index (χ0n) is 16.5. The first-order valence-corrected chi connectivity index (χ1v) is 9.83. The Morgan fingerprint density at radius 2 is 1.72 bits per heavy atom. The van der Waals surface area contributed by atoms with E-state index in [0.717, 1.165) is 51.7 Å². The van der Waals surface area contributed by atoms with Gasteiger partial charge in [0.2, 0.25) is 0 Å². The van der Waals surface area contributed by atoms with Crippen LogP contribution >= 0.6 is 0 Å². The molecular formula is C21H36N2O2. The summed E-state index contributed by atoms with van der Waals surface area (Å²) in [5.74, 6) is 2.19. The summed E-state index contributed by atoms with van der Waals surface area (Å²) in [6.45, 7) is 15.9. The van der Waals surface area contributed by atoms with Crippen molar-refractivity contribution in [1.29, 1.82) is 0 Å². The molecule has 0 aliphatic carbocycles. The SMILES string of the molecule is CC(C)Oc1ccc([C@@H](CCNCCN2CCOCC2)C(C)C)cc1. The second-order valence-corrected chi connectivity index (χ2v) is 7.58. The van der Waals surface area contributed by atoms with Crippen LogP contribution < -0.4 is 10.1 Å². The average Bonchev–Trinajstić information content (AvgIpc) is 2.59. The van der Waals surface area contributed by atoms with Crippen molar-refractivity contribution in [3.8, 4) is 5.75 Å². The van der Waals surface area contributed by atoms with E-state index in [1.54, 1.807) is 0 Å². The lowest BCUT2D eigenvalue weighted by Crippen LogP contribution is -2.40. The Labute approximate surface area is 153 Å². The summed E-state index contributed by atoms with van der Waals surface area (Å²) in [4.78, 5) is 2.48. The van der Waals surface area contributed by atoms with E-state index in [2.05, 4.69) is 62.2 Å². The minimum absolute atomic E-state index is 0.224. The van der Waals surface area contributed by atoms with Gasteiger partial charge in [-0.1, -0.05) is 26.0 Å². The van der Waals surface area contributed by atoms with Crippen LogP contribution in [0.4, 0.5) is 0 Å². The van der Waals surface area contributed by atoms with Crippen molar-refractivity contribution in [2.75, 3.05) is 45.9 Å². The lowest BCUT2D eigenvalue weighted by molar-refractivity contribution is 0.0384. The third kappa shape index (κ3) is 7.35. The van der Waals surface area contributed by atoms with Crippen molar-refractivity contribution in [3.05, 3.63) is 29.8 Å². The molecule has 2 rings (SSSR count). The molecule has 1 aliphatic rings. The molecule has 0 radical (unpaired) electrons. The maximum atomic E-state index is 5.75. The second-order valence-electron chi connectivity index (χ2n) is 7.58. The summed E-state index contributed by atoms with van der Waals surface area (Å²) in [6.07, 6.45) is 1.40. The fourth-order valence-corrected chi connectivity index (χ4v) is 3.40. The normalized spacial score (nSPS) is 17.2. The predicted octanol–water partition coefficient (Wildman–Crippen LogP) is 3.53. The monoisotopic (exact) mass is 348 g/mol. The van der Waals surface area contributed by atoms with E-state index >= 15 is 0 Å². The van der Waals surface area contributed by atoms with E-state index in [0.29, 0.717) is 11.8 Å². The van der Waals surface area contributed by atoms with Crippen molar-refractivity contribution in [2.45, 2.75) is 46.1 Å². The first-order chi connectivity index (χ1) is 12.1. The molecule has 0 amide bonds. The Bertz CT molecular complexity index is 467. The molecule has 1 N–H and O–H groups in total. The van der Waals surface area contributed by atoms with Gasteiger partial charge in [-0.05, 0) is 56.3 Å². The zero-order valence-corrected chi connectivity index (χ0v) is 16.5. The number of rotatable bonds is 10. The molecule has 1 aromatic rings. The number of benzene rings is 1. The van der Waals surface area contributed by atoms with Crippen LogP contribution in [0, 0.1) is 5.92 Å². The van der Waals surface area contributed by atoms with E-state index < -0.39 is 0 Å². The van der Waals surface area contributed by atoms with Crippen molar-refractivity contribution < 1.29 is 9.47 Å². The van der Waals surface area contributed by atoms with Crippen LogP contribution in [0.1, 0.15) is 45.6 Å². The predicted molar refractivity (Wildman–Crippen MR) is 105 cm³/mol. The summed E-state index contributed by atoms with van der Waals surface area (Å²) < 4.78 is 11.1. The van der Waals surface area contributed by atoms with Crippen LogP contribution in [-0.4, -0.2) is 56.9 Å². The van der Waals surface area contributed by atoms with Crippen molar-refractivity contribution in [3.63, 3.8) is 0 Å². The Kier molecular flexibility index (Phi) is 8.73. The standard InChI is InChI=1S/C21H36N2O2/c1-17(2)21(19-5-7-20(8-6-19)25-18(3)4)9-10-22-11-12-23-13-15-24-16-14-23/h5-8,17-18,21-22H,9-16H2,1-4H3/t21-/m0/s1. The molecule has 1 fully saturated rings.